The zero-order chi connectivity index (χ0) is 58.9. The molecule has 1 saturated heterocycles. The van der Waals surface area contributed by atoms with Crippen molar-refractivity contribution in [2.75, 3.05) is 45.2 Å². The first kappa shape index (κ1) is 57.5. The van der Waals surface area contributed by atoms with E-state index in [9.17, 15) is 19.6 Å². The lowest BCUT2D eigenvalue weighted by Gasteiger charge is -2.42. The molecule has 436 valence electrons. The lowest BCUT2D eigenvalue weighted by molar-refractivity contribution is -0.119. The van der Waals surface area contributed by atoms with Gasteiger partial charge in [-0.2, -0.15) is 14.9 Å². The highest BCUT2D eigenvalue weighted by atomic mass is 31.2. The summed E-state index contributed by atoms with van der Waals surface area (Å²) < 4.78 is 70.5. The van der Waals surface area contributed by atoms with Gasteiger partial charge in [-0.1, -0.05) is 106 Å². The number of nitrogens with zero attached hydrogens (tertiary/aromatic N) is 9. The molecule has 1 aliphatic heterocycles. The molecule has 10 atom stereocenters. The maximum absolute atomic E-state index is 15.9. The summed E-state index contributed by atoms with van der Waals surface area (Å²) in [5.41, 5.74) is 0.357. The number of H-pyrrole nitrogens is 1. The molecule has 24 nitrogen and oxygen atoms in total. The molecule has 0 bridgehead atoms. The van der Waals surface area contributed by atoms with Gasteiger partial charge in [0.05, 0.1) is 58.5 Å². The topological polar surface area (TPSA) is 293 Å². The molecular formula is C59H63N12O12P. The molecule has 5 heterocycles. The van der Waals surface area contributed by atoms with E-state index in [0.717, 1.165) is 16.7 Å². The molecule has 11 rings (SSSR count). The van der Waals surface area contributed by atoms with Crippen molar-refractivity contribution in [2.45, 2.75) is 89.2 Å². The first-order chi connectivity index (χ1) is 40.7. The van der Waals surface area contributed by atoms with Crippen molar-refractivity contribution in [1.82, 2.24) is 44.5 Å². The largest absolute Gasteiger partial charge is 0.497 e. The zero-order valence-corrected chi connectivity index (χ0v) is 48.0. The minimum absolute atomic E-state index is 0.0755. The van der Waals surface area contributed by atoms with Crippen LogP contribution in [0.4, 0.5) is 11.8 Å². The average molecular weight is 1160 g/mol. The van der Waals surface area contributed by atoms with Crippen molar-refractivity contribution in [1.29, 1.82) is 5.26 Å². The molecule has 84 heavy (non-hydrogen) atoms. The minimum Gasteiger partial charge on any atom is -0.497 e. The molecule has 2 saturated carbocycles. The molecule has 3 aliphatic rings. The van der Waals surface area contributed by atoms with Gasteiger partial charge in [0.15, 0.2) is 34.4 Å². The second kappa shape index (κ2) is 23.8. The standard InChI is InChI=1S/C59H63N12O12P/c1-8-43-47(78-7)48(56(81-43)71-52-45(68-69-71)55(74)67-57(65-52)66-53(72)34(2)3)83-84(75,79-29-15-28-60)80-31-58-30-42(58)46(70-33-63-44-50(61-32-62-51(44)70)64-54(73)36-16-11-9-12-17-36)35(4)49(58)82-59(37-18-13-10-14-19-37,38-20-24-40(76-5)25-21-38)39-22-26-41(77-6)27-23-39/h9-14,16-27,32-35,42-43,46-49,56H,8,15,29-31H2,1-7H3,(H,61,62,64,73)(H2,65,66,67,72,74)/t35-,42+,43+,46-,47+,48+,49-,56+,58+,84?/m0/s1. The molecule has 3 fully saturated rings. The molecule has 8 aromatic rings. The molecule has 0 spiro atoms. The van der Waals surface area contributed by atoms with E-state index in [2.05, 4.69) is 42.8 Å². The number of phosphoric ester groups is 1. The van der Waals surface area contributed by atoms with Crippen molar-refractivity contribution < 1.29 is 51.4 Å². The highest BCUT2D eigenvalue weighted by Gasteiger charge is 2.73. The van der Waals surface area contributed by atoms with Crippen LogP contribution < -0.4 is 25.7 Å². The van der Waals surface area contributed by atoms with Crippen LogP contribution in [-0.2, 0) is 42.7 Å². The molecule has 1 unspecified atom stereocenters. The van der Waals surface area contributed by atoms with E-state index in [4.69, 9.17) is 47.2 Å². The summed E-state index contributed by atoms with van der Waals surface area (Å²) >= 11 is 0. The molecule has 2 aliphatic carbocycles. The summed E-state index contributed by atoms with van der Waals surface area (Å²) in [6, 6.07) is 35.7. The van der Waals surface area contributed by atoms with Crippen LogP contribution in [0.3, 0.4) is 0 Å². The van der Waals surface area contributed by atoms with Gasteiger partial charge < -0.3 is 33.6 Å². The summed E-state index contributed by atoms with van der Waals surface area (Å²) in [4.78, 5) is 60.8. The predicted molar refractivity (Wildman–Crippen MR) is 305 cm³/mol. The van der Waals surface area contributed by atoms with Crippen molar-refractivity contribution in [3.8, 4) is 17.6 Å². The Labute approximate surface area is 482 Å². The fraction of sp³-hybridized carbons (Fsp3) is 0.390. The molecule has 3 N–H and O–H groups in total. The number of carbonyl (C=O) groups is 2. The van der Waals surface area contributed by atoms with E-state index in [1.54, 1.807) is 58.7 Å². The number of ether oxygens (including phenoxy) is 5. The number of rotatable bonds is 23. The van der Waals surface area contributed by atoms with E-state index in [1.165, 1.54) is 18.1 Å². The van der Waals surface area contributed by atoms with Gasteiger partial charge in [-0.15, -0.1) is 5.10 Å². The fourth-order valence-corrected chi connectivity index (χ4v) is 13.3. The van der Waals surface area contributed by atoms with Gasteiger partial charge >= 0.3 is 7.82 Å². The number of methoxy groups -OCH3 is 3. The van der Waals surface area contributed by atoms with Gasteiger partial charge in [-0.05, 0) is 71.8 Å². The van der Waals surface area contributed by atoms with Crippen LogP contribution >= 0.6 is 7.82 Å². The second-order valence-corrected chi connectivity index (χ2v) is 22.9. The van der Waals surface area contributed by atoms with Crippen molar-refractivity contribution in [3.63, 3.8) is 0 Å². The lowest BCUT2D eigenvalue weighted by atomic mass is 9.79. The van der Waals surface area contributed by atoms with E-state index < -0.39 is 72.9 Å². The average Bonchev–Trinajstić information content (AvgIpc) is 1.59. The van der Waals surface area contributed by atoms with Crippen LogP contribution in [0, 0.1) is 34.5 Å². The number of hydrogen-bond acceptors (Lipinski definition) is 19. The number of imidazole rings is 1. The minimum atomic E-state index is -4.84. The maximum Gasteiger partial charge on any atom is 0.475 e. The van der Waals surface area contributed by atoms with Crippen LogP contribution in [0.2, 0.25) is 0 Å². The summed E-state index contributed by atoms with van der Waals surface area (Å²) in [7, 11) is -0.179. The van der Waals surface area contributed by atoms with Gasteiger partial charge in [-0.3, -0.25) is 38.3 Å². The molecular weight excluding hydrogens is 1100 g/mol. The number of phosphoric acid groups is 1. The van der Waals surface area contributed by atoms with Gasteiger partial charge in [0.25, 0.3) is 11.5 Å². The molecule has 2 amide bonds. The van der Waals surface area contributed by atoms with Crippen LogP contribution in [0.15, 0.2) is 127 Å². The third-order valence-electron chi connectivity index (χ3n) is 16.1. The smallest absolute Gasteiger partial charge is 0.475 e. The number of nitrogens with one attached hydrogen (secondary N) is 3. The monoisotopic (exact) mass is 1160 g/mol. The Hall–Kier alpha value is -8.27. The van der Waals surface area contributed by atoms with E-state index in [1.807, 2.05) is 102 Å². The number of anilines is 2. The highest BCUT2D eigenvalue weighted by Crippen LogP contribution is 2.73. The number of fused-ring (bicyclic) bond motifs is 3. The van der Waals surface area contributed by atoms with E-state index in [0.29, 0.717) is 41.1 Å². The summed E-state index contributed by atoms with van der Waals surface area (Å²) in [5.74, 6) is -0.538. The van der Waals surface area contributed by atoms with Gasteiger partial charge in [0, 0.05) is 36.0 Å². The zero-order valence-electron chi connectivity index (χ0n) is 47.1. The van der Waals surface area contributed by atoms with Crippen LogP contribution in [0.1, 0.15) is 86.3 Å². The number of carbonyl (C=O) groups excluding carboxylic acids is 2. The Morgan fingerprint density at radius 1 is 0.869 bits per heavy atom. The van der Waals surface area contributed by atoms with Crippen molar-refractivity contribution in [2.24, 2.45) is 23.2 Å². The van der Waals surface area contributed by atoms with Crippen LogP contribution in [0.25, 0.3) is 22.3 Å². The number of nitriles is 1. The Balaban J connectivity index is 1.02. The number of aromatic nitrogens is 9. The quantitative estimate of drug-likeness (QED) is 0.0307. The first-order valence-electron chi connectivity index (χ1n) is 27.5. The Morgan fingerprint density at radius 2 is 1.54 bits per heavy atom. The Bertz CT molecular complexity index is 3780. The maximum atomic E-state index is 15.9. The van der Waals surface area contributed by atoms with Gasteiger partial charge in [-0.25, -0.2) is 19.5 Å². The summed E-state index contributed by atoms with van der Waals surface area (Å²) in [6.45, 7) is 6.71. The predicted octanol–water partition coefficient (Wildman–Crippen LogP) is 8.56. The lowest BCUT2D eigenvalue weighted by Crippen LogP contribution is -2.43. The SMILES string of the molecule is CC[C@H]1O[C@@H](n2nnc3c(=O)[nH]c(NC(=O)C(C)C)nc32)[C@H](OP(=O)(OCCC#N)OC[C@]23C[C@@H]2[C@@H](n2cnc4c(NC(=O)c5ccccc5)ncnc42)[C@H](C)[C@@H]3OC(c2ccccc2)(c2ccc(OC)cc2)c2ccc(OC)cc2)[C@@H]1OC. The number of amides is 2. The number of benzene rings is 4. The van der Waals surface area contributed by atoms with Crippen LogP contribution in [-0.4, -0.2) is 115 Å². The molecule has 25 heteroatoms. The van der Waals surface area contributed by atoms with Crippen molar-refractivity contribution >= 4 is 53.7 Å². The fourth-order valence-electron chi connectivity index (χ4n) is 11.9. The summed E-state index contributed by atoms with van der Waals surface area (Å²) in [6.07, 6.45) is -1.25. The number of aromatic amines is 1. The highest BCUT2D eigenvalue weighted by molar-refractivity contribution is 7.48. The third kappa shape index (κ3) is 10.6. The molecule has 0 radical (unpaired) electrons. The molecule has 4 aromatic carbocycles. The Morgan fingerprint density at radius 3 is 2.17 bits per heavy atom. The summed E-state index contributed by atoms with van der Waals surface area (Å²) in [5, 5.41) is 23.7. The normalized spacial score (nSPS) is 23.5. The third-order valence-corrected chi connectivity index (χ3v) is 17.6. The molecule has 4 aromatic heterocycles. The Kier molecular flexibility index (Phi) is 16.3. The van der Waals surface area contributed by atoms with Crippen molar-refractivity contribution in [3.05, 3.63) is 154 Å². The van der Waals surface area contributed by atoms with Crippen LogP contribution in [0.5, 0.6) is 11.5 Å². The van der Waals surface area contributed by atoms with E-state index in [-0.39, 0.29) is 60.3 Å². The van der Waals surface area contributed by atoms with Gasteiger partial charge in [0.2, 0.25) is 11.9 Å². The number of hydrogen-bond donors (Lipinski definition) is 3. The second-order valence-electron chi connectivity index (χ2n) is 21.3. The first-order valence-corrected chi connectivity index (χ1v) is 29.0. The van der Waals surface area contributed by atoms with Gasteiger partial charge in [0.1, 0.15) is 35.6 Å². The van der Waals surface area contributed by atoms with E-state index >= 15 is 4.57 Å².